The number of halogens is 1. The van der Waals surface area contributed by atoms with Crippen molar-refractivity contribution in [2.75, 3.05) is 11.9 Å². The lowest BCUT2D eigenvalue weighted by Gasteiger charge is -2.12. The molecule has 0 saturated carbocycles. The number of thiazole rings is 2. The minimum absolute atomic E-state index is 0. The molecule has 146 valence electrons. The number of hydrogen-bond acceptors (Lipinski definition) is 8. The van der Waals surface area contributed by atoms with Crippen LogP contribution < -0.4 is 15.2 Å². The summed E-state index contributed by atoms with van der Waals surface area (Å²) in [5, 5.41) is 11.9. The highest BCUT2D eigenvalue weighted by molar-refractivity contribution is 7.89. The molecule has 0 unspecified atom stereocenters. The molecule has 0 aliphatic carbocycles. The van der Waals surface area contributed by atoms with Crippen LogP contribution in [0.2, 0.25) is 0 Å². The van der Waals surface area contributed by atoms with Crippen molar-refractivity contribution in [1.29, 1.82) is 0 Å². The van der Waals surface area contributed by atoms with Gasteiger partial charge < -0.3 is 10.1 Å². The van der Waals surface area contributed by atoms with Crippen LogP contribution in [-0.4, -0.2) is 25.0 Å². The molecule has 0 fully saturated rings. The molecule has 0 saturated heterocycles. The summed E-state index contributed by atoms with van der Waals surface area (Å²) in [5.74, 6) is 0.529. The van der Waals surface area contributed by atoms with Crippen molar-refractivity contribution in [1.82, 2.24) is 9.97 Å². The first-order chi connectivity index (χ1) is 12.3. The predicted molar refractivity (Wildman–Crippen MR) is 112 cm³/mol. The summed E-state index contributed by atoms with van der Waals surface area (Å²) in [6, 6.07) is 4.45. The van der Waals surface area contributed by atoms with Crippen LogP contribution in [0.15, 0.2) is 28.5 Å². The summed E-state index contributed by atoms with van der Waals surface area (Å²) < 4.78 is 28.8. The molecule has 11 heteroatoms. The standard InChI is InChI=1S/C16H18N4O3S3.ClH/c1-4-23-14-6-5-11(26(17,21)22)7-12(14)19-16-20-13(8-24-16)15-9(2)18-10(3)25-15;/h5-8H,4H2,1-3H3,(H,19,20)(H2,17,21,22);1H. The Kier molecular flexibility index (Phi) is 6.82. The van der Waals surface area contributed by atoms with Gasteiger partial charge in [-0.3, -0.25) is 0 Å². The lowest BCUT2D eigenvalue weighted by molar-refractivity contribution is 0.342. The molecule has 0 spiro atoms. The van der Waals surface area contributed by atoms with E-state index in [0.717, 1.165) is 21.3 Å². The third-order valence-corrected chi connectivity index (χ3v) is 6.23. The summed E-state index contributed by atoms with van der Waals surface area (Å²) in [7, 11) is -3.81. The van der Waals surface area contributed by atoms with Crippen molar-refractivity contribution in [2.24, 2.45) is 5.14 Å². The molecular formula is C16H19ClN4O3S3. The fourth-order valence-electron chi connectivity index (χ4n) is 2.38. The number of aryl methyl sites for hydroxylation is 2. The van der Waals surface area contributed by atoms with Gasteiger partial charge in [-0.05, 0) is 39.0 Å². The molecular weight excluding hydrogens is 428 g/mol. The number of aromatic nitrogens is 2. The van der Waals surface area contributed by atoms with Crippen LogP contribution in [0.1, 0.15) is 17.6 Å². The molecule has 3 rings (SSSR count). The summed E-state index contributed by atoms with van der Waals surface area (Å²) in [6.45, 7) is 6.22. The second-order valence-electron chi connectivity index (χ2n) is 5.45. The largest absolute Gasteiger partial charge is 0.492 e. The van der Waals surface area contributed by atoms with Gasteiger partial charge in [-0.1, -0.05) is 0 Å². The van der Waals surface area contributed by atoms with Gasteiger partial charge in [0.1, 0.15) is 5.75 Å². The van der Waals surface area contributed by atoms with Crippen molar-refractivity contribution < 1.29 is 13.2 Å². The van der Waals surface area contributed by atoms with E-state index in [1.165, 1.54) is 23.5 Å². The second-order valence-corrected chi connectivity index (χ2v) is 9.07. The first kappa shape index (κ1) is 21.6. The van der Waals surface area contributed by atoms with E-state index in [1.54, 1.807) is 17.4 Å². The lowest BCUT2D eigenvalue weighted by Crippen LogP contribution is -2.12. The fourth-order valence-corrected chi connectivity index (χ4v) is 4.59. The normalized spacial score (nSPS) is 11.1. The van der Waals surface area contributed by atoms with Gasteiger partial charge in [-0.2, -0.15) is 0 Å². The molecule has 7 nitrogen and oxygen atoms in total. The van der Waals surface area contributed by atoms with Gasteiger partial charge in [0.05, 0.1) is 38.5 Å². The van der Waals surface area contributed by atoms with Gasteiger partial charge in [-0.15, -0.1) is 35.1 Å². The zero-order chi connectivity index (χ0) is 18.9. The minimum atomic E-state index is -3.81. The topological polar surface area (TPSA) is 107 Å². The van der Waals surface area contributed by atoms with Gasteiger partial charge >= 0.3 is 0 Å². The van der Waals surface area contributed by atoms with Crippen LogP contribution in [0.3, 0.4) is 0 Å². The molecule has 27 heavy (non-hydrogen) atoms. The number of hydrogen-bond donors (Lipinski definition) is 2. The molecule has 0 radical (unpaired) electrons. The van der Waals surface area contributed by atoms with Crippen LogP contribution in [0.5, 0.6) is 5.75 Å². The highest BCUT2D eigenvalue weighted by atomic mass is 35.5. The zero-order valence-corrected chi connectivity index (χ0v) is 18.1. The average Bonchev–Trinajstić information content (AvgIpc) is 3.14. The van der Waals surface area contributed by atoms with E-state index in [0.29, 0.717) is 23.2 Å². The van der Waals surface area contributed by atoms with Crippen molar-refractivity contribution in [3.8, 4) is 16.3 Å². The number of primary sulfonamides is 1. The van der Waals surface area contributed by atoms with Crippen molar-refractivity contribution in [2.45, 2.75) is 25.7 Å². The highest BCUT2D eigenvalue weighted by Gasteiger charge is 2.15. The first-order valence-corrected chi connectivity index (χ1v) is 11.0. The van der Waals surface area contributed by atoms with Crippen molar-refractivity contribution in [3.63, 3.8) is 0 Å². The van der Waals surface area contributed by atoms with Crippen LogP contribution in [0.25, 0.3) is 10.6 Å². The van der Waals surface area contributed by atoms with Gasteiger partial charge in [0.15, 0.2) is 5.13 Å². The summed E-state index contributed by atoms with van der Waals surface area (Å²) in [5.41, 5.74) is 2.27. The summed E-state index contributed by atoms with van der Waals surface area (Å²) >= 11 is 3.01. The van der Waals surface area contributed by atoms with Crippen LogP contribution >= 0.6 is 35.1 Å². The van der Waals surface area contributed by atoms with Gasteiger partial charge in [0, 0.05) is 5.38 Å². The summed E-state index contributed by atoms with van der Waals surface area (Å²) in [4.78, 5) is 10.0. The van der Waals surface area contributed by atoms with Gasteiger partial charge in [0.25, 0.3) is 0 Å². The number of anilines is 2. The maximum Gasteiger partial charge on any atom is 0.238 e. The number of sulfonamides is 1. The van der Waals surface area contributed by atoms with Crippen molar-refractivity contribution >= 4 is 55.9 Å². The number of benzene rings is 1. The van der Waals surface area contributed by atoms with Crippen LogP contribution in [0, 0.1) is 13.8 Å². The molecule has 0 aliphatic rings. The molecule has 3 N–H and O–H groups in total. The Labute approximate surface area is 172 Å². The smallest absolute Gasteiger partial charge is 0.238 e. The molecule has 0 atom stereocenters. The molecule has 0 amide bonds. The van der Waals surface area contributed by atoms with E-state index < -0.39 is 10.0 Å². The Balaban J connectivity index is 0.00000261. The molecule has 2 heterocycles. The number of nitrogens with two attached hydrogens (primary N) is 1. The average molecular weight is 447 g/mol. The molecule has 3 aromatic rings. The summed E-state index contributed by atoms with van der Waals surface area (Å²) in [6.07, 6.45) is 0. The van der Waals surface area contributed by atoms with E-state index in [1.807, 2.05) is 26.2 Å². The van der Waals surface area contributed by atoms with E-state index in [9.17, 15) is 8.42 Å². The second kappa shape index (κ2) is 8.53. The third-order valence-electron chi connectivity index (χ3n) is 3.46. The zero-order valence-electron chi connectivity index (χ0n) is 14.8. The lowest BCUT2D eigenvalue weighted by atomic mass is 10.3. The van der Waals surface area contributed by atoms with Crippen LogP contribution in [-0.2, 0) is 10.0 Å². The molecule has 2 aromatic heterocycles. The monoisotopic (exact) mass is 446 g/mol. The molecule has 1 aromatic carbocycles. The Bertz CT molecular complexity index is 1050. The minimum Gasteiger partial charge on any atom is -0.492 e. The Morgan fingerprint density at radius 1 is 1.26 bits per heavy atom. The number of rotatable bonds is 6. The maximum atomic E-state index is 11.6. The Morgan fingerprint density at radius 2 is 2.00 bits per heavy atom. The SMILES string of the molecule is CCOc1ccc(S(N)(=O)=O)cc1Nc1nc(-c2sc(C)nc2C)cs1.Cl. The Hall–Kier alpha value is -1.72. The maximum absolute atomic E-state index is 11.6. The fraction of sp³-hybridized carbons (Fsp3) is 0.250. The highest BCUT2D eigenvalue weighted by Crippen LogP contribution is 2.35. The van der Waals surface area contributed by atoms with E-state index >= 15 is 0 Å². The van der Waals surface area contributed by atoms with E-state index in [4.69, 9.17) is 9.88 Å². The van der Waals surface area contributed by atoms with Crippen LogP contribution in [0.4, 0.5) is 10.8 Å². The van der Waals surface area contributed by atoms with Crippen molar-refractivity contribution in [3.05, 3.63) is 34.3 Å². The quantitative estimate of drug-likeness (QED) is 0.590. The molecule has 0 bridgehead atoms. The van der Waals surface area contributed by atoms with Gasteiger partial charge in [-0.25, -0.2) is 23.5 Å². The first-order valence-electron chi connectivity index (χ1n) is 7.74. The third kappa shape index (κ3) is 4.96. The number of ether oxygens (including phenoxy) is 1. The number of nitrogens with zero attached hydrogens (tertiary/aromatic N) is 2. The van der Waals surface area contributed by atoms with E-state index in [-0.39, 0.29) is 17.3 Å². The Morgan fingerprint density at radius 3 is 2.59 bits per heavy atom. The van der Waals surface area contributed by atoms with E-state index in [2.05, 4.69) is 15.3 Å². The predicted octanol–water partition coefficient (Wildman–Crippen LogP) is 4.09. The molecule has 0 aliphatic heterocycles. The number of nitrogens with one attached hydrogen (secondary N) is 1. The van der Waals surface area contributed by atoms with Gasteiger partial charge in [0.2, 0.25) is 10.0 Å².